The number of carbonyl (C=O) groups is 2. The number of nitrogens with zero attached hydrogens (tertiary/aromatic N) is 4. The van der Waals surface area contributed by atoms with E-state index in [0.29, 0.717) is 40.2 Å². The average molecular weight is 479 g/mol. The Bertz CT molecular complexity index is 1390. The molecule has 1 saturated carbocycles. The van der Waals surface area contributed by atoms with Crippen LogP contribution in [0.25, 0.3) is 16.2 Å². The number of piperidine rings is 1. The first-order chi connectivity index (χ1) is 16.0. The number of aryl methyl sites for hydroxylation is 1. The van der Waals surface area contributed by atoms with Crippen molar-refractivity contribution >= 4 is 44.6 Å². The van der Waals surface area contributed by atoms with Gasteiger partial charge in [0.25, 0.3) is 11.8 Å². The largest absolute Gasteiger partial charge is 0.375 e. The van der Waals surface area contributed by atoms with Gasteiger partial charge in [-0.1, -0.05) is 18.2 Å². The second-order valence-electron chi connectivity index (χ2n) is 8.59. The van der Waals surface area contributed by atoms with Gasteiger partial charge in [0.1, 0.15) is 5.69 Å². The Balaban J connectivity index is 1.23. The second kappa shape index (κ2) is 7.67. The van der Waals surface area contributed by atoms with Crippen molar-refractivity contribution in [3.8, 4) is 11.3 Å². The van der Waals surface area contributed by atoms with Crippen LogP contribution in [0.5, 0.6) is 0 Å². The number of nitrogens with one attached hydrogen (secondary N) is 1. The number of hydrogen-bond acceptors (Lipinski definition) is 7. The molecule has 1 aliphatic carbocycles. The van der Waals surface area contributed by atoms with Crippen LogP contribution < -0.4 is 11.1 Å². The van der Waals surface area contributed by atoms with E-state index in [-0.39, 0.29) is 23.9 Å². The van der Waals surface area contributed by atoms with Crippen molar-refractivity contribution in [1.82, 2.24) is 24.6 Å². The number of amides is 2. The molecule has 3 aromatic heterocycles. The summed E-state index contributed by atoms with van der Waals surface area (Å²) in [5.74, 6) is 0.338. The zero-order valence-corrected chi connectivity index (χ0v) is 19.5. The molecule has 4 aromatic rings. The molecule has 33 heavy (non-hydrogen) atoms. The summed E-state index contributed by atoms with van der Waals surface area (Å²) in [7, 11) is 0. The van der Waals surface area contributed by atoms with E-state index in [1.165, 1.54) is 22.7 Å². The Labute approximate surface area is 198 Å². The quantitative estimate of drug-likeness (QED) is 0.457. The Morgan fingerprint density at radius 2 is 2.06 bits per heavy atom. The maximum atomic E-state index is 13.7. The molecule has 1 saturated heterocycles. The Morgan fingerprint density at radius 1 is 1.21 bits per heavy atom. The minimum atomic E-state index is -0.162. The number of fused-ring (bicyclic) bond motifs is 2. The molecular weight excluding hydrogens is 456 g/mol. The van der Waals surface area contributed by atoms with Crippen LogP contribution in [0.4, 0.5) is 5.13 Å². The minimum Gasteiger partial charge on any atom is -0.375 e. The summed E-state index contributed by atoms with van der Waals surface area (Å²) in [4.78, 5) is 38.3. The number of imidazole rings is 1. The average Bonchev–Trinajstić information content (AvgIpc) is 3.17. The number of nitrogen functional groups attached to an aromatic ring is 1. The fourth-order valence-corrected chi connectivity index (χ4v) is 6.29. The van der Waals surface area contributed by atoms with Gasteiger partial charge in [-0.25, -0.2) is 9.97 Å². The van der Waals surface area contributed by atoms with Crippen LogP contribution in [0, 0.1) is 12.8 Å². The van der Waals surface area contributed by atoms with Gasteiger partial charge in [-0.05, 0) is 31.7 Å². The molecule has 0 spiro atoms. The van der Waals surface area contributed by atoms with Crippen molar-refractivity contribution in [3.63, 3.8) is 0 Å². The number of thiazole rings is 2. The smallest absolute Gasteiger partial charge is 0.270 e. The van der Waals surface area contributed by atoms with Gasteiger partial charge >= 0.3 is 0 Å². The number of hydrogen-bond donors (Lipinski definition) is 2. The van der Waals surface area contributed by atoms with Crippen LogP contribution in [0.3, 0.4) is 0 Å². The van der Waals surface area contributed by atoms with Crippen molar-refractivity contribution in [2.45, 2.75) is 31.8 Å². The van der Waals surface area contributed by atoms with E-state index in [4.69, 9.17) is 5.73 Å². The molecule has 10 heteroatoms. The van der Waals surface area contributed by atoms with Gasteiger partial charge in [0, 0.05) is 40.7 Å². The predicted molar refractivity (Wildman–Crippen MR) is 129 cm³/mol. The lowest BCUT2D eigenvalue weighted by molar-refractivity contribution is 0.0689. The number of likely N-dealkylation sites (tertiary alicyclic amines) is 1. The third-order valence-electron chi connectivity index (χ3n) is 6.55. The molecule has 0 radical (unpaired) electrons. The molecule has 2 aliphatic rings. The number of anilines is 1. The van der Waals surface area contributed by atoms with E-state index in [0.717, 1.165) is 23.4 Å². The lowest BCUT2D eigenvalue weighted by Crippen LogP contribution is -2.45. The number of carbonyl (C=O) groups excluding carboxylic acids is 2. The van der Waals surface area contributed by atoms with Crippen molar-refractivity contribution in [2.75, 3.05) is 12.3 Å². The minimum absolute atomic E-state index is 0.0119. The zero-order chi connectivity index (χ0) is 22.7. The Morgan fingerprint density at radius 3 is 2.88 bits per heavy atom. The third kappa shape index (κ3) is 3.41. The zero-order valence-electron chi connectivity index (χ0n) is 17.9. The van der Waals surface area contributed by atoms with E-state index in [1.807, 2.05) is 57.4 Å². The standard InChI is InChI=1S/C23H22N6O2S2/c1-12-19(28-6-7-32-23(28)26-12)20(30)25-10-14-8-13-9-18(13)29(14)21(31)16-5-3-2-4-15(16)17-11-33-22(24)27-17/h2-7,11,13-14,18H,8-10H2,1H3,(H2,24,27)(H,25,30)/t13?,14?,18-/m0/s1. The van der Waals surface area contributed by atoms with E-state index in [2.05, 4.69) is 15.3 Å². The fourth-order valence-electron chi connectivity index (χ4n) is 4.96. The predicted octanol–water partition coefficient (Wildman–Crippen LogP) is 3.44. The maximum Gasteiger partial charge on any atom is 0.270 e. The molecule has 0 bridgehead atoms. The van der Waals surface area contributed by atoms with Gasteiger partial charge in [0.15, 0.2) is 10.1 Å². The van der Waals surface area contributed by atoms with Gasteiger partial charge in [0.05, 0.1) is 17.4 Å². The normalized spacial score (nSPS) is 21.4. The SMILES string of the molecule is Cc1nc2sccn2c1C(=O)NCC1CC2C[C@@H]2N1C(=O)c1ccccc1-c1csc(N)n1. The number of aromatic nitrogens is 3. The summed E-state index contributed by atoms with van der Waals surface area (Å²) in [5, 5.41) is 7.33. The first kappa shape index (κ1) is 20.4. The lowest BCUT2D eigenvalue weighted by Gasteiger charge is -2.28. The highest BCUT2D eigenvalue weighted by molar-refractivity contribution is 7.15. The summed E-state index contributed by atoms with van der Waals surface area (Å²) in [6.07, 6.45) is 3.79. The molecular formula is C23H22N6O2S2. The molecule has 3 N–H and O–H groups in total. The Kier molecular flexibility index (Phi) is 4.73. The molecule has 168 valence electrons. The van der Waals surface area contributed by atoms with Crippen molar-refractivity contribution in [2.24, 2.45) is 5.92 Å². The van der Waals surface area contributed by atoms with Crippen LogP contribution in [-0.4, -0.2) is 49.7 Å². The highest BCUT2D eigenvalue weighted by Gasteiger charge is 2.54. The summed E-state index contributed by atoms with van der Waals surface area (Å²) in [5.41, 5.74) is 9.22. The molecule has 2 unspecified atom stereocenters. The van der Waals surface area contributed by atoms with Crippen molar-refractivity contribution < 1.29 is 9.59 Å². The fraction of sp³-hybridized carbons (Fsp3) is 0.304. The first-order valence-corrected chi connectivity index (χ1v) is 12.6. The highest BCUT2D eigenvalue weighted by atomic mass is 32.1. The molecule has 1 aromatic carbocycles. The van der Waals surface area contributed by atoms with Gasteiger partial charge < -0.3 is 16.0 Å². The van der Waals surface area contributed by atoms with Crippen molar-refractivity contribution in [3.05, 3.63) is 58.2 Å². The summed E-state index contributed by atoms with van der Waals surface area (Å²) < 4.78 is 1.82. The van der Waals surface area contributed by atoms with E-state index in [9.17, 15) is 9.59 Å². The Hall–Kier alpha value is -3.24. The van der Waals surface area contributed by atoms with Crippen LogP contribution >= 0.6 is 22.7 Å². The molecule has 8 nitrogen and oxygen atoms in total. The van der Waals surface area contributed by atoms with Gasteiger partial charge in [-0.15, -0.1) is 22.7 Å². The summed E-state index contributed by atoms with van der Waals surface area (Å²) >= 11 is 2.86. The van der Waals surface area contributed by atoms with Crippen LogP contribution in [0.1, 0.15) is 39.4 Å². The molecule has 1 aliphatic heterocycles. The highest BCUT2D eigenvalue weighted by Crippen LogP contribution is 2.48. The van der Waals surface area contributed by atoms with Crippen LogP contribution in [0.15, 0.2) is 41.2 Å². The third-order valence-corrected chi connectivity index (χ3v) is 7.98. The molecule has 3 atom stereocenters. The van der Waals surface area contributed by atoms with Gasteiger partial charge in [-0.2, -0.15) is 0 Å². The van der Waals surface area contributed by atoms with E-state index >= 15 is 0 Å². The molecule has 6 rings (SSSR count). The molecule has 4 heterocycles. The number of benzene rings is 1. The maximum absolute atomic E-state index is 13.7. The van der Waals surface area contributed by atoms with Crippen LogP contribution in [-0.2, 0) is 0 Å². The van der Waals surface area contributed by atoms with E-state index < -0.39 is 0 Å². The number of nitrogens with two attached hydrogens (primary N) is 1. The summed E-state index contributed by atoms with van der Waals surface area (Å²) in [6, 6.07) is 7.74. The summed E-state index contributed by atoms with van der Waals surface area (Å²) in [6.45, 7) is 2.26. The van der Waals surface area contributed by atoms with Gasteiger partial charge in [0.2, 0.25) is 0 Å². The van der Waals surface area contributed by atoms with Crippen molar-refractivity contribution in [1.29, 1.82) is 0 Å². The van der Waals surface area contributed by atoms with Gasteiger partial charge in [-0.3, -0.25) is 14.0 Å². The van der Waals surface area contributed by atoms with Crippen LogP contribution in [0.2, 0.25) is 0 Å². The lowest BCUT2D eigenvalue weighted by atomic mass is 10.0. The number of rotatable bonds is 5. The molecule has 2 amide bonds. The monoisotopic (exact) mass is 478 g/mol. The van der Waals surface area contributed by atoms with E-state index in [1.54, 1.807) is 0 Å². The molecule has 2 fully saturated rings. The topological polar surface area (TPSA) is 106 Å². The first-order valence-electron chi connectivity index (χ1n) is 10.8. The second-order valence-corrected chi connectivity index (χ2v) is 10.4.